The van der Waals surface area contributed by atoms with Gasteiger partial charge in [0.2, 0.25) is 5.91 Å². The van der Waals surface area contributed by atoms with E-state index in [1.54, 1.807) is 18.7 Å². The summed E-state index contributed by atoms with van der Waals surface area (Å²) >= 11 is 2.92. The molecule has 0 radical (unpaired) electrons. The highest BCUT2D eigenvalue weighted by Gasteiger charge is 2.07. The van der Waals surface area contributed by atoms with Gasteiger partial charge in [0.1, 0.15) is 0 Å². The van der Waals surface area contributed by atoms with E-state index in [0.29, 0.717) is 10.7 Å². The molecule has 148 valence electrons. The van der Waals surface area contributed by atoms with Gasteiger partial charge in [0, 0.05) is 32.4 Å². The van der Waals surface area contributed by atoms with Crippen LogP contribution in [-0.2, 0) is 4.79 Å². The van der Waals surface area contributed by atoms with Crippen LogP contribution in [0, 0.1) is 13.8 Å². The molecular formula is C22H21N3O2S2. The van der Waals surface area contributed by atoms with Gasteiger partial charge in [-0.25, -0.2) is 9.97 Å². The van der Waals surface area contributed by atoms with Crippen LogP contribution in [0.2, 0.25) is 0 Å². The molecule has 0 fully saturated rings. The summed E-state index contributed by atoms with van der Waals surface area (Å²) in [6, 6.07) is 17.1. The van der Waals surface area contributed by atoms with Crippen LogP contribution in [0.5, 0.6) is 0 Å². The van der Waals surface area contributed by atoms with Gasteiger partial charge in [0.15, 0.2) is 10.9 Å². The predicted octanol–water partition coefficient (Wildman–Crippen LogP) is 5.18. The van der Waals surface area contributed by atoms with E-state index >= 15 is 0 Å². The Morgan fingerprint density at radius 2 is 1.45 bits per heavy atom. The quantitative estimate of drug-likeness (QED) is 0.321. The topological polar surface area (TPSA) is 72.0 Å². The number of Topliss-reactive ketones (excluding diaryl/α,β-unsaturated/α-hetero) is 1. The molecule has 1 aromatic heterocycles. The zero-order chi connectivity index (χ0) is 20.8. The third-order valence-electron chi connectivity index (χ3n) is 3.93. The van der Waals surface area contributed by atoms with E-state index in [0.717, 1.165) is 26.9 Å². The van der Waals surface area contributed by atoms with Gasteiger partial charge in [-0.2, -0.15) is 0 Å². The average Bonchev–Trinajstić information content (AvgIpc) is 2.68. The molecule has 0 unspecified atom stereocenters. The van der Waals surface area contributed by atoms with Crippen LogP contribution in [0.15, 0.2) is 69.5 Å². The van der Waals surface area contributed by atoms with Crippen molar-refractivity contribution in [1.82, 2.24) is 9.97 Å². The highest BCUT2D eigenvalue weighted by atomic mass is 32.2. The van der Waals surface area contributed by atoms with E-state index in [2.05, 4.69) is 15.3 Å². The molecule has 0 aliphatic rings. The molecule has 5 nitrogen and oxygen atoms in total. The third kappa shape index (κ3) is 6.44. The molecule has 0 spiro atoms. The van der Waals surface area contributed by atoms with Crippen LogP contribution >= 0.6 is 23.5 Å². The summed E-state index contributed by atoms with van der Waals surface area (Å²) in [7, 11) is 0. The molecule has 1 heterocycles. The maximum absolute atomic E-state index is 12.2. The standard InChI is InChI=1S/C22H21N3O2S2/c1-14-12-15(2)24-22(23-14)28-13-21(27)25-18-6-10-20(11-7-18)29-19-8-4-17(5-9-19)16(3)26/h4-12H,13H2,1-3H3,(H,25,27). The molecule has 1 amide bonds. The van der Waals surface area contributed by atoms with Crippen molar-refractivity contribution >= 4 is 40.9 Å². The lowest BCUT2D eigenvalue weighted by Crippen LogP contribution is -2.14. The third-order valence-corrected chi connectivity index (χ3v) is 5.79. The lowest BCUT2D eigenvalue weighted by atomic mass is 10.2. The number of carbonyl (C=O) groups excluding carboxylic acids is 2. The lowest BCUT2D eigenvalue weighted by molar-refractivity contribution is -0.113. The molecule has 0 saturated heterocycles. The Kier molecular flexibility index (Phi) is 7.06. The van der Waals surface area contributed by atoms with Crippen LogP contribution < -0.4 is 5.32 Å². The number of ketones is 1. The predicted molar refractivity (Wildman–Crippen MR) is 118 cm³/mol. The Morgan fingerprint density at radius 1 is 0.897 bits per heavy atom. The van der Waals surface area contributed by atoms with Gasteiger partial charge in [-0.3, -0.25) is 9.59 Å². The molecule has 29 heavy (non-hydrogen) atoms. The van der Waals surface area contributed by atoms with Gasteiger partial charge in [-0.05, 0) is 63.2 Å². The molecule has 3 aromatic rings. The lowest BCUT2D eigenvalue weighted by Gasteiger charge is -2.07. The van der Waals surface area contributed by atoms with Crippen molar-refractivity contribution in [2.24, 2.45) is 0 Å². The van der Waals surface area contributed by atoms with Gasteiger partial charge in [0.25, 0.3) is 0 Å². The second-order valence-electron chi connectivity index (χ2n) is 6.48. The second-order valence-corrected chi connectivity index (χ2v) is 8.57. The van der Waals surface area contributed by atoms with Crippen molar-refractivity contribution in [1.29, 1.82) is 0 Å². The molecule has 0 aliphatic heterocycles. The number of hydrogen-bond donors (Lipinski definition) is 1. The molecule has 0 atom stereocenters. The molecule has 3 rings (SSSR count). The Morgan fingerprint density at radius 3 is 2.00 bits per heavy atom. The normalized spacial score (nSPS) is 10.6. The minimum atomic E-state index is -0.0991. The summed E-state index contributed by atoms with van der Waals surface area (Å²) in [6.45, 7) is 5.38. The molecule has 2 aromatic carbocycles. The van der Waals surface area contributed by atoms with E-state index in [4.69, 9.17) is 0 Å². The average molecular weight is 424 g/mol. The van der Waals surface area contributed by atoms with Crippen molar-refractivity contribution in [3.05, 3.63) is 71.5 Å². The number of thioether (sulfide) groups is 1. The first-order valence-corrected chi connectivity index (χ1v) is 10.8. The van der Waals surface area contributed by atoms with Crippen LogP contribution in [0.4, 0.5) is 5.69 Å². The van der Waals surface area contributed by atoms with Gasteiger partial charge >= 0.3 is 0 Å². The maximum Gasteiger partial charge on any atom is 0.234 e. The number of amides is 1. The summed E-state index contributed by atoms with van der Waals surface area (Å²) in [5.41, 5.74) is 3.23. The number of nitrogens with zero attached hydrogens (tertiary/aromatic N) is 2. The van der Waals surface area contributed by atoms with Crippen LogP contribution in [0.1, 0.15) is 28.7 Å². The molecular weight excluding hydrogens is 402 g/mol. The number of rotatable bonds is 7. The fourth-order valence-corrected chi connectivity index (χ4v) is 4.15. The number of benzene rings is 2. The first-order chi connectivity index (χ1) is 13.9. The van der Waals surface area contributed by atoms with E-state index in [9.17, 15) is 9.59 Å². The number of aromatic nitrogens is 2. The molecule has 0 bridgehead atoms. The van der Waals surface area contributed by atoms with Crippen molar-refractivity contribution in [3.63, 3.8) is 0 Å². The minimum absolute atomic E-state index is 0.0592. The van der Waals surface area contributed by atoms with Crippen molar-refractivity contribution < 1.29 is 9.59 Å². The summed E-state index contributed by atoms with van der Waals surface area (Å²) in [5, 5.41) is 3.50. The highest BCUT2D eigenvalue weighted by Crippen LogP contribution is 2.29. The second kappa shape index (κ2) is 9.71. The van der Waals surface area contributed by atoms with Crippen LogP contribution in [0.3, 0.4) is 0 Å². The summed E-state index contributed by atoms with van der Waals surface area (Å²) in [4.78, 5) is 34.3. The fourth-order valence-electron chi connectivity index (χ4n) is 2.59. The smallest absolute Gasteiger partial charge is 0.234 e. The first-order valence-electron chi connectivity index (χ1n) is 9.03. The van der Waals surface area contributed by atoms with Crippen molar-refractivity contribution in [2.75, 3.05) is 11.1 Å². The Bertz CT molecular complexity index is 999. The summed E-state index contributed by atoms with van der Waals surface area (Å²) in [6.07, 6.45) is 0. The molecule has 1 N–H and O–H groups in total. The number of hydrogen-bond acceptors (Lipinski definition) is 6. The van der Waals surface area contributed by atoms with E-state index in [1.807, 2.05) is 68.4 Å². The Labute approximate surface area is 178 Å². The fraction of sp³-hybridized carbons (Fsp3) is 0.182. The summed E-state index contributed by atoms with van der Waals surface area (Å²) < 4.78 is 0. The van der Waals surface area contributed by atoms with Gasteiger partial charge in [-0.15, -0.1) is 0 Å². The van der Waals surface area contributed by atoms with E-state index in [1.165, 1.54) is 11.8 Å². The number of aryl methyl sites for hydroxylation is 2. The zero-order valence-electron chi connectivity index (χ0n) is 16.4. The number of carbonyl (C=O) groups is 2. The van der Waals surface area contributed by atoms with Gasteiger partial charge < -0.3 is 5.32 Å². The first kappa shape index (κ1) is 21.1. The molecule has 0 saturated carbocycles. The van der Waals surface area contributed by atoms with Crippen LogP contribution in [0.25, 0.3) is 0 Å². The SMILES string of the molecule is CC(=O)c1ccc(Sc2ccc(NC(=O)CSc3nc(C)cc(C)n3)cc2)cc1. The minimum Gasteiger partial charge on any atom is -0.325 e. The summed E-state index contributed by atoms with van der Waals surface area (Å²) in [5.74, 6) is 0.212. The number of anilines is 1. The van der Waals surface area contributed by atoms with Crippen molar-refractivity contribution in [2.45, 2.75) is 35.7 Å². The number of nitrogens with one attached hydrogen (secondary N) is 1. The van der Waals surface area contributed by atoms with Crippen molar-refractivity contribution in [3.8, 4) is 0 Å². The maximum atomic E-state index is 12.2. The Balaban J connectivity index is 1.53. The highest BCUT2D eigenvalue weighted by molar-refractivity contribution is 7.99. The monoisotopic (exact) mass is 423 g/mol. The van der Waals surface area contributed by atoms with Gasteiger partial charge in [0.05, 0.1) is 5.75 Å². The zero-order valence-corrected chi connectivity index (χ0v) is 18.1. The van der Waals surface area contributed by atoms with Gasteiger partial charge in [-0.1, -0.05) is 35.7 Å². The van der Waals surface area contributed by atoms with Crippen LogP contribution in [-0.4, -0.2) is 27.4 Å². The Hall–Kier alpha value is -2.64. The van der Waals surface area contributed by atoms with E-state index < -0.39 is 0 Å². The molecule has 0 aliphatic carbocycles. The van der Waals surface area contributed by atoms with E-state index in [-0.39, 0.29) is 17.4 Å². The largest absolute Gasteiger partial charge is 0.325 e. The molecule has 7 heteroatoms.